The van der Waals surface area contributed by atoms with Crippen molar-refractivity contribution in [2.24, 2.45) is 0 Å². The van der Waals surface area contributed by atoms with E-state index in [0.717, 1.165) is 16.6 Å². The summed E-state index contributed by atoms with van der Waals surface area (Å²) in [4.78, 5) is 16.0. The van der Waals surface area contributed by atoms with Gasteiger partial charge in [0.25, 0.3) is 0 Å². The van der Waals surface area contributed by atoms with Crippen LogP contribution in [-0.2, 0) is 0 Å². The van der Waals surface area contributed by atoms with E-state index in [1.165, 1.54) is 23.5 Å². The van der Waals surface area contributed by atoms with E-state index in [-0.39, 0.29) is 5.56 Å². The first-order valence-corrected chi connectivity index (χ1v) is 6.03. The van der Waals surface area contributed by atoms with Crippen molar-refractivity contribution in [2.75, 3.05) is 5.32 Å². The van der Waals surface area contributed by atoms with E-state index in [1.807, 2.05) is 13.8 Å². The van der Waals surface area contributed by atoms with Crippen LogP contribution in [0.25, 0.3) is 0 Å². The number of hydrogen-bond donors (Lipinski definition) is 2. The van der Waals surface area contributed by atoms with Crippen molar-refractivity contribution in [1.29, 1.82) is 0 Å². The maximum Gasteiger partial charge on any atom is 0.338 e. The van der Waals surface area contributed by atoms with Crippen molar-refractivity contribution in [1.82, 2.24) is 4.98 Å². The van der Waals surface area contributed by atoms with Crippen LogP contribution in [0.4, 0.5) is 15.2 Å². The number of carboxylic acid groups (broad SMARTS) is 1. The average Bonchev–Trinajstić information content (AvgIpc) is 2.57. The predicted octanol–water partition coefficient (Wildman–Crippen LogP) is 3.34. The number of anilines is 2. The van der Waals surface area contributed by atoms with E-state index in [1.54, 1.807) is 0 Å². The fourth-order valence-electron chi connectivity index (χ4n) is 1.42. The molecule has 0 amide bonds. The first-order valence-electron chi connectivity index (χ1n) is 5.21. The maximum atomic E-state index is 13.5. The zero-order valence-electron chi connectivity index (χ0n) is 9.82. The van der Waals surface area contributed by atoms with Crippen molar-refractivity contribution in [3.8, 4) is 0 Å². The molecule has 0 fully saturated rings. The van der Waals surface area contributed by atoms with Crippen LogP contribution in [0, 0.1) is 19.7 Å². The lowest BCUT2D eigenvalue weighted by Gasteiger charge is -2.04. The Balaban J connectivity index is 2.25. The highest BCUT2D eigenvalue weighted by Gasteiger charge is 2.11. The monoisotopic (exact) mass is 266 g/mol. The van der Waals surface area contributed by atoms with Gasteiger partial charge >= 0.3 is 5.97 Å². The van der Waals surface area contributed by atoms with E-state index in [9.17, 15) is 9.18 Å². The van der Waals surface area contributed by atoms with Gasteiger partial charge in [-0.1, -0.05) is 0 Å². The van der Waals surface area contributed by atoms with Crippen molar-refractivity contribution in [3.63, 3.8) is 0 Å². The number of hydrogen-bond acceptors (Lipinski definition) is 4. The van der Waals surface area contributed by atoms with Gasteiger partial charge in [-0.15, -0.1) is 11.3 Å². The van der Waals surface area contributed by atoms with Crippen LogP contribution >= 0.6 is 11.3 Å². The molecule has 18 heavy (non-hydrogen) atoms. The van der Waals surface area contributed by atoms with Gasteiger partial charge < -0.3 is 10.4 Å². The average molecular weight is 266 g/mol. The highest BCUT2D eigenvalue weighted by molar-refractivity contribution is 7.15. The fraction of sp³-hybridized carbons (Fsp3) is 0.167. The van der Waals surface area contributed by atoms with Gasteiger partial charge in [0.1, 0.15) is 5.82 Å². The molecule has 0 aliphatic heterocycles. The molecule has 0 spiro atoms. The van der Waals surface area contributed by atoms with Gasteiger partial charge in [0.05, 0.1) is 11.3 Å². The summed E-state index contributed by atoms with van der Waals surface area (Å²) < 4.78 is 13.5. The van der Waals surface area contributed by atoms with E-state index in [2.05, 4.69) is 10.3 Å². The molecule has 2 aromatic rings. The van der Waals surface area contributed by atoms with E-state index in [0.29, 0.717) is 10.8 Å². The number of rotatable bonds is 3. The summed E-state index contributed by atoms with van der Waals surface area (Å²) in [7, 11) is 0. The third kappa shape index (κ3) is 2.48. The molecule has 1 heterocycles. The number of thiazole rings is 1. The standard InChI is InChI=1S/C12H11FN2O2S/c1-6-7(2)18-12(14-6)15-8-3-4-9(11(16)17)10(13)5-8/h3-5H,1-2H3,(H,14,15)(H,16,17). The molecule has 1 aromatic carbocycles. The predicted molar refractivity (Wildman–Crippen MR) is 68.2 cm³/mol. The molecule has 0 saturated carbocycles. The van der Waals surface area contributed by atoms with Crippen LogP contribution in [0.15, 0.2) is 18.2 Å². The Labute approximate surface area is 107 Å². The minimum Gasteiger partial charge on any atom is -0.478 e. The minimum absolute atomic E-state index is 0.341. The second kappa shape index (κ2) is 4.73. The highest BCUT2D eigenvalue weighted by Crippen LogP contribution is 2.25. The van der Waals surface area contributed by atoms with Gasteiger partial charge in [0.2, 0.25) is 0 Å². The minimum atomic E-state index is -1.28. The third-order valence-corrected chi connectivity index (χ3v) is 3.47. The molecule has 2 N–H and O–H groups in total. The number of carbonyl (C=O) groups is 1. The number of nitrogens with zero attached hydrogens (tertiary/aromatic N) is 1. The lowest BCUT2D eigenvalue weighted by Crippen LogP contribution is -2.01. The molecule has 6 heteroatoms. The zero-order valence-corrected chi connectivity index (χ0v) is 10.6. The summed E-state index contributed by atoms with van der Waals surface area (Å²) in [5, 5.41) is 12.3. The van der Waals surface area contributed by atoms with Crippen LogP contribution in [0.2, 0.25) is 0 Å². The number of aromatic carboxylic acids is 1. The summed E-state index contributed by atoms with van der Waals surface area (Å²) in [6.45, 7) is 3.84. The molecule has 0 bridgehead atoms. The molecule has 0 atom stereocenters. The SMILES string of the molecule is Cc1nc(Nc2ccc(C(=O)O)c(F)c2)sc1C. The van der Waals surface area contributed by atoms with Gasteiger partial charge in [-0.05, 0) is 32.0 Å². The van der Waals surface area contributed by atoms with Crippen molar-refractivity contribution >= 4 is 28.1 Å². The van der Waals surface area contributed by atoms with Gasteiger partial charge in [0, 0.05) is 10.6 Å². The molecule has 0 radical (unpaired) electrons. The number of nitrogens with one attached hydrogen (secondary N) is 1. The van der Waals surface area contributed by atoms with Gasteiger partial charge in [-0.2, -0.15) is 0 Å². The van der Waals surface area contributed by atoms with Crippen molar-refractivity contribution in [3.05, 3.63) is 40.2 Å². The van der Waals surface area contributed by atoms with Gasteiger partial charge in [0.15, 0.2) is 5.13 Å². The summed E-state index contributed by atoms with van der Waals surface area (Å²) in [5.74, 6) is -2.04. The summed E-state index contributed by atoms with van der Waals surface area (Å²) >= 11 is 1.46. The third-order valence-electron chi connectivity index (χ3n) is 2.48. The number of aromatic nitrogens is 1. The Morgan fingerprint density at radius 1 is 1.44 bits per heavy atom. The van der Waals surface area contributed by atoms with Crippen LogP contribution in [-0.4, -0.2) is 16.1 Å². The molecule has 1 aromatic heterocycles. The van der Waals surface area contributed by atoms with Crippen molar-refractivity contribution in [2.45, 2.75) is 13.8 Å². The van der Waals surface area contributed by atoms with Crippen LogP contribution in [0.1, 0.15) is 20.9 Å². The summed E-state index contributed by atoms with van der Waals surface area (Å²) in [6.07, 6.45) is 0. The Hall–Kier alpha value is -1.95. The van der Waals surface area contributed by atoms with Gasteiger partial charge in [-0.3, -0.25) is 0 Å². The molecule has 0 aliphatic carbocycles. The number of aryl methyl sites for hydroxylation is 2. The lowest BCUT2D eigenvalue weighted by molar-refractivity contribution is 0.0692. The Kier molecular flexibility index (Phi) is 3.29. The topological polar surface area (TPSA) is 62.2 Å². The van der Waals surface area contributed by atoms with Crippen LogP contribution in [0.3, 0.4) is 0 Å². The summed E-state index contributed by atoms with van der Waals surface area (Å²) in [5.41, 5.74) is 1.06. The first kappa shape index (κ1) is 12.5. The number of carboxylic acids is 1. The summed E-state index contributed by atoms with van der Waals surface area (Å²) in [6, 6.07) is 3.89. The Bertz CT molecular complexity index is 591. The normalized spacial score (nSPS) is 10.4. The fourth-order valence-corrected chi connectivity index (χ4v) is 2.25. The highest BCUT2D eigenvalue weighted by atomic mass is 32.1. The molecule has 2 rings (SSSR count). The van der Waals surface area contributed by atoms with Gasteiger partial charge in [-0.25, -0.2) is 14.2 Å². The quantitative estimate of drug-likeness (QED) is 0.894. The molecular weight excluding hydrogens is 255 g/mol. The van der Waals surface area contributed by atoms with Crippen LogP contribution in [0.5, 0.6) is 0 Å². The van der Waals surface area contributed by atoms with E-state index in [4.69, 9.17) is 5.11 Å². The second-order valence-corrected chi connectivity index (χ2v) is 4.99. The van der Waals surface area contributed by atoms with Crippen molar-refractivity contribution < 1.29 is 14.3 Å². The number of halogens is 1. The number of benzene rings is 1. The maximum absolute atomic E-state index is 13.5. The van der Waals surface area contributed by atoms with E-state index < -0.39 is 11.8 Å². The zero-order chi connectivity index (χ0) is 13.3. The van der Waals surface area contributed by atoms with Crippen LogP contribution < -0.4 is 5.32 Å². The molecular formula is C12H11FN2O2S. The Morgan fingerprint density at radius 2 is 2.17 bits per heavy atom. The Morgan fingerprint density at radius 3 is 2.67 bits per heavy atom. The lowest BCUT2D eigenvalue weighted by atomic mass is 10.2. The molecule has 94 valence electrons. The largest absolute Gasteiger partial charge is 0.478 e. The molecule has 0 unspecified atom stereocenters. The molecule has 4 nitrogen and oxygen atoms in total. The first-order chi connectivity index (χ1) is 8.47. The van der Waals surface area contributed by atoms with E-state index >= 15 is 0 Å². The second-order valence-electron chi connectivity index (χ2n) is 3.79. The molecule has 0 saturated heterocycles. The molecule has 0 aliphatic rings. The smallest absolute Gasteiger partial charge is 0.338 e.